The smallest absolute Gasteiger partial charge is 0.225 e. The largest absolute Gasteiger partial charge is 0.389 e. The van der Waals surface area contributed by atoms with Crippen molar-refractivity contribution >= 4 is 17.2 Å². The van der Waals surface area contributed by atoms with Gasteiger partial charge >= 0.3 is 0 Å². The number of aliphatic hydroxyl groups is 1. The molecule has 1 saturated heterocycles. The van der Waals surface area contributed by atoms with Crippen molar-refractivity contribution in [3.8, 4) is 0 Å². The van der Waals surface area contributed by atoms with Gasteiger partial charge in [0.05, 0.1) is 18.1 Å². The standard InChI is InChI=1S/C17H23N5O2S/c23-16(21-7-6-17(24)5-2-1-3-14(17)10-21)9-15(13-4-8-25-11-13)22-12-18-19-20-22/h4,8,11-12,14-15,24H,1-3,5-7,9-10H2/t14-,15+,17-/m0/s1. The van der Waals surface area contributed by atoms with Gasteiger partial charge in [0.2, 0.25) is 5.91 Å². The van der Waals surface area contributed by atoms with Crippen LogP contribution in [-0.2, 0) is 4.79 Å². The topological polar surface area (TPSA) is 84.1 Å². The fourth-order valence-corrected chi connectivity index (χ4v) is 4.94. The maximum Gasteiger partial charge on any atom is 0.225 e. The van der Waals surface area contributed by atoms with Crippen molar-refractivity contribution in [1.82, 2.24) is 25.1 Å². The van der Waals surface area contributed by atoms with Gasteiger partial charge in [-0.25, -0.2) is 4.68 Å². The Balaban J connectivity index is 1.47. The molecule has 1 N–H and O–H groups in total. The minimum atomic E-state index is -0.558. The molecule has 0 aromatic carbocycles. The molecule has 2 aromatic heterocycles. The molecule has 4 rings (SSSR count). The number of carbonyl (C=O) groups is 1. The SMILES string of the molecule is O=C(C[C@H](c1ccsc1)n1cnnn1)N1CC[C@@]2(O)CCCC[C@H]2C1. The predicted molar refractivity (Wildman–Crippen MR) is 93.0 cm³/mol. The third-order valence-electron chi connectivity index (χ3n) is 5.76. The van der Waals surface area contributed by atoms with Crippen molar-refractivity contribution < 1.29 is 9.90 Å². The van der Waals surface area contributed by atoms with Gasteiger partial charge in [0.15, 0.2) is 0 Å². The van der Waals surface area contributed by atoms with Crippen LogP contribution in [0.3, 0.4) is 0 Å². The molecule has 0 unspecified atom stereocenters. The number of piperidine rings is 1. The first-order valence-corrected chi connectivity index (χ1v) is 9.85. The molecular weight excluding hydrogens is 338 g/mol. The van der Waals surface area contributed by atoms with Crippen molar-refractivity contribution in [2.24, 2.45) is 5.92 Å². The van der Waals surface area contributed by atoms with Gasteiger partial charge in [-0.2, -0.15) is 11.3 Å². The molecule has 3 atom stereocenters. The molecule has 1 saturated carbocycles. The molecule has 8 heteroatoms. The van der Waals surface area contributed by atoms with Gasteiger partial charge < -0.3 is 10.0 Å². The quantitative estimate of drug-likeness (QED) is 0.899. The van der Waals surface area contributed by atoms with Crippen LogP contribution in [0.4, 0.5) is 0 Å². The summed E-state index contributed by atoms with van der Waals surface area (Å²) in [7, 11) is 0. The van der Waals surface area contributed by atoms with E-state index in [-0.39, 0.29) is 17.9 Å². The number of tetrazole rings is 1. The second-order valence-electron chi connectivity index (χ2n) is 7.20. The molecule has 134 valence electrons. The number of amides is 1. The maximum atomic E-state index is 12.9. The van der Waals surface area contributed by atoms with Gasteiger partial charge in [-0.15, -0.1) is 5.10 Å². The number of hydrogen-bond acceptors (Lipinski definition) is 6. The molecule has 1 amide bonds. The summed E-state index contributed by atoms with van der Waals surface area (Å²) in [6.07, 6.45) is 6.73. The lowest BCUT2D eigenvalue weighted by Gasteiger charge is -2.47. The minimum Gasteiger partial charge on any atom is -0.389 e. The average molecular weight is 361 g/mol. The summed E-state index contributed by atoms with van der Waals surface area (Å²) in [4.78, 5) is 14.9. The Morgan fingerprint density at radius 1 is 1.44 bits per heavy atom. The van der Waals surface area contributed by atoms with E-state index in [1.807, 2.05) is 21.7 Å². The van der Waals surface area contributed by atoms with E-state index in [1.54, 1.807) is 22.3 Å². The molecule has 3 heterocycles. The second-order valence-corrected chi connectivity index (χ2v) is 7.98. The molecule has 0 radical (unpaired) electrons. The first-order chi connectivity index (χ1) is 12.2. The monoisotopic (exact) mass is 361 g/mol. The summed E-state index contributed by atoms with van der Waals surface area (Å²) in [6.45, 7) is 1.30. The molecule has 25 heavy (non-hydrogen) atoms. The highest BCUT2D eigenvalue weighted by Gasteiger charge is 2.43. The molecular formula is C17H23N5O2S. The van der Waals surface area contributed by atoms with Crippen LogP contribution in [0.1, 0.15) is 50.1 Å². The molecule has 0 spiro atoms. The fourth-order valence-electron chi connectivity index (χ4n) is 4.23. The number of nitrogens with zero attached hydrogens (tertiary/aromatic N) is 5. The van der Waals surface area contributed by atoms with Gasteiger partial charge in [0, 0.05) is 19.0 Å². The van der Waals surface area contributed by atoms with Gasteiger partial charge in [-0.05, 0) is 52.1 Å². The van der Waals surface area contributed by atoms with E-state index in [9.17, 15) is 9.90 Å². The van der Waals surface area contributed by atoms with Crippen LogP contribution in [0.2, 0.25) is 0 Å². The van der Waals surface area contributed by atoms with Crippen molar-refractivity contribution in [3.63, 3.8) is 0 Å². The Labute approximate surface area is 150 Å². The lowest BCUT2D eigenvalue weighted by atomic mass is 9.71. The Morgan fingerprint density at radius 2 is 2.36 bits per heavy atom. The lowest BCUT2D eigenvalue weighted by Crippen LogP contribution is -2.54. The number of likely N-dealkylation sites (tertiary alicyclic amines) is 1. The number of carbonyl (C=O) groups excluding carboxylic acids is 1. The zero-order valence-corrected chi connectivity index (χ0v) is 14.9. The highest BCUT2D eigenvalue weighted by atomic mass is 32.1. The number of hydrogen-bond donors (Lipinski definition) is 1. The minimum absolute atomic E-state index is 0.110. The number of aromatic nitrogens is 4. The average Bonchev–Trinajstić information content (AvgIpc) is 3.32. The summed E-state index contributed by atoms with van der Waals surface area (Å²) in [5, 5.41) is 26.3. The van der Waals surface area contributed by atoms with Crippen LogP contribution in [0.25, 0.3) is 0 Å². The third-order valence-corrected chi connectivity index (χ3v) is 6.46. The van der Waals surface area contributed by atoms with E-state index in [0.29, 0.717) is 25.9 Å². The van der Waals surface area contributed by atoms with Gasteiger partial charge in [-0.1, -0.05) is 12.8 Å². The summed E-state index contributed by atoms with van der Waals surface area (Å²) < 4.78 is 1.65. The summed E-state index contributed by atoms with van der Waals surface area (Å²) in [6, 6.07) is 1.83. The van der Waals surface area contributed by atoms with Gasteiger partial charge in [0.25, 0.3) is 0 Å². The number of fused-ring (bicyclic) bond motifs is 1. The molecule has 7 nitrogen and oxygen atoms in total. The number of thiophene rings is 1. The highest BCUT2D eigenvalue weighted by molar-refractivity contribution is 7.07. The zero-order chi connectivity index (χ0) is 17.3. The van der Waals surface area contributed by atoms with Crippen LogP contribution in [-0.4, -0.2) is 54.8 Å². The summed E-state index contributed by atoms with van der Waals surface area (Å²) in [5.41, 5.74) is 0.495. The van der Waals surface area contributed by atoms with Crippen LogP contribution in [0.15, 0.2) is 23.2 Å². The van der Waals surface area contributed by atoms with Crippen LogP contribution in [0.5, 0.6) is 0 Å². The molecule has 1 aliphatic heterocycles. The summed E-state index contributed by atoms with van der Waals surface area (Å²) in [5.74, 6) is 0.325. The van der Waals surface area contributed by atoms with Gasteiger partial charge in [-0.3, -0.25) is 4.79 Å². The van der Waals surface area contributed by atoms with Crippen LogP contribution >= 0.6 is 11.3 Å². The maximum absolute atomic E-state index is 12.9. The van der Waals surface area contributed by atoms with Crippen LogP contribution in [0, 0.1) is 5.92 Å². The van der Waals surface area contributed by atoms with E-state index in [1.165, 1.54) is 0 Å². The zero-order valence-electron chi connectivity index (χ0n) is 14.1. The molecule has 2 aliphatic rings. The molecule has 0 bridgehead atoms. The van der Waals surface area contributed by atoms with Crippen molar-refractivity contribution in [2.75, 3.05) is 13.1 Å². The predicted octanol–water partition coefficient (Wildman–Crippen LogP) is 1.87. The second kappa shape index (κ2) is 6.84. The first-order valence-electron chi connectivity index (χ1n) is 8.90. The Bertz CT molecular complexity index is 670. The van der Waals surface area contributed by atoms with E-state index in [4.69, 9.17) is 0 Å². The Kier molecular flexibility index (Phi) is 4.56. The Hall–Kier alpha value is -1.80. The van der Waals surface area contributed by atoms with Crippen molar-refractivity contribution in [1.29, 1.82) is 0 Å². The van der Waals surface area contributed by atoms with E-state index >= 15 is 0 Å². The van der Waals surface area contributed by atoms with Crippen molar-refractivity contribution in [2.45, 2.75) is 50.2 Å². The van der Waals surface area contributed by atoms with E-state index in [2.05, 4.69) is 15.5 Å². The van der Waals surface area contributed by atoms with E-state index < -0.39 is 5.60 Å². The molecule has 1 aliphatic carbocycles. The highest BCUT2D eigenvalue weighted by Crippen LogP contribution is 2.40. The van der Waals surface area contributed by atoms with Gasteiger partial charge in [0.1, 0.15) is 6.33 Å². The molecule has 2 aromatic rings. The summed E-state index contributed by atoms with van der Waals surface area (Å²) >= 11 is 1.60. The third kappa shape index (κ3) is 3.32. The normalized spacial score (nSPS) is 27.7. The fraction of sp³-hybridized carbons (Fsp3) is 0.647. The van der Waals surface area contributed by atoms with E-state index in [0.717, 1.165) is 31.2 Å². The first kappa shape index (κ1) is 16.7. The lowest BCUT2D eigenvalue weighted by molar-refractivity contribution is -0.143. The number of rotatable bonds is 4. The van der Waals surface area contributed by atoms with Crippen molar-refractivity contribution in [3.05, 3.63) is 28.7 Å². The Morgan fingerprint density at radius 3 is 3.12 bits per heavy atom. The van der Waals surface area contributed by atoms with Crippen LogP contribution < -0.4 is 0 Å². The molecule has 2 fully saturated rings.